The number of aliphatic carboxylic acids is 1. The van der Waals surface area contributed by atoms with Crippen LogP contribution in [0, 0.1) is 5.41 Å². The van der Waals surface area contributed by atoms with E-state index in [1.54, 1.807) is 6.08 Å². The molecule has 0 saturated carbocycles. The van der Waals surface area contributed by atoms with Crippen LogP contribution < -0.4 is 16.8 Å². The number of hydrogen-bond donors (Lipinski definition) is 4. The van der Waals surface area contributed by atoms with E-state index >= 15 is 0 Å². The van der Waals surface area contributed by atoms with E-state index in [-0.39, 0.29) is 33.7 Å². The van der Waals surface area contributed by atoms with Gasteiger partial charge in [0.1, 0.15) is 24.2 Å². The van der Waals surface area contributed by atoms with Gasteiger partial charge in [0, 0.05) is 36.5 Å². The van der Waals surface area contributed by atoms with Crippen molar-refractivity contribution in [2.75, 3.05) is 44.8 Å². The molecule has 0 unspecified atom stereocenters. The van der Waals surface area contributed by atoms with Gasteiger partial charge in [0.15, 0.2) is 5.13 Å². The number of primary amides is 1. The summed E-state index contributed by atoms with van der Waals surface area (Å²) in [6.45, 7) is 3.29. The molecule has 3 amide bonds. The highest BCUT2D eigenvalue weighted by atomic mass is 32.2. The van der Waals surface area contributed by atoms with Crippen LogP contribution in [0.4, 0.5) is 5.13 Å². The molecule has 6 heterocycles. The largest absolute Gasteiger partial charge is 0.477 e. The minimum absolute atomic E-state index is 0.0376. The predicted octanol–water partition coefficient (Wildman–Crippen LogP) is -0.748. The molecule has 4 saturated heterocycles. The number of fused-ring (bicyclic) bond motifs is 4. The van der Waals surface area contributed by atoms with Crippen molar-refractivity contribution in [3.63, 3.8) is 0 Å². The highest BCUT2D eigenvalue weighted by Gasteiger charge is 2.55. The number of carboxylic acids is 1. The van der Waals surface area contributed by atoms with Crippen LogP contribution in [-0.2, 0) is 24.0 Å². The van der Waals surface area contributed by atoms with E-state index in [1.165, 1.54) is 23.8 Å². The quantitative estimate of drug-likeness (QED) is 0.125. The fourth-order valence-electron chi connectivity index (χ4n) is 5.71. The molecule has 6 rings (SSSR count). The number of allylic oxidation sites excluding steroid dienone is 1. The highest BCUT2D eigenvalue weighted by Crippen LogP contribution is 2.44. The Bertz CT molecular complexity index is 1300. The fourth-order valence-corrected chi connectivity index (χ4v) is 7.47. The molecule has 5 aliphatic rings. The number of nitrogens with two attached hydrogens (primary N) is 2. The summed E-state index contributed by atoms with van der Waals surface area (Å²) in [6.07, 6.45) is 6.06. The number of piperidine rings is 3. The minimum Gasteiger partial charge on any atom is -0.477 e. The molecular weight excluding hydrogens is 548 g/mol. The molecule has 5 aliphatic heterocycles. The van der Waals surface area contributed by atoms with E-state index in [1.807, 2.05) is 6.08 Å². The Morgan fingerprint density at radius 1 is 1.31 bits per heavy atom. The monoisotopic (exact) mass is 577 g/mol. The van der Waals surface area contributed by atoms with Crippen LogP contribution in [0.3, 0.4) is 0 Å². The summed E-state index contributed by atoms with van der Waals surface area (Å²) in [6, 6.07) is -0.953. The number of carbonyl (C=O) groups excluding carboxylic acids is 3. The summed E-state index contributed by atoms with van der Waals surface area (Å²) in [5, 5.41) is 15.8. The fraction of sp³-hybridized carbons (Fsp3) is 0.522. The molecule has 1 aromatic heterocycles. The summed E-state index contributed by atoms with van der Waals surface area (Å²) in [5.74, 6) is -2.38. The molecule has 4 fully saturated rings. The Kier molecular flexibility index (Phi) is 7.11. The van der Waals surface area contributed by atoms with Crippen LogP contribution in [0.15, 0.2) is 28.6 Å². The molecule has 1 aromatic rings. The van der Waals surface area contributed by atoms with Crippen molar-refractivity contribution >= 4 is 57.8 Å². The Labute approximate surface area is 231 Å². The van der Waals surface area contributed by atoms with E-state index in [0.717, 1.165) is 54.9 Å². The molecule has 0 radical (unpaired) electrons. The molecule has 39 heavy (non-hydrogen) atoms. The number of hydrogen-bond acceptors (Lipinski definition) is 11. The van der Waals surface area contributed by atoms with Crippen molar-refractivity contribution in [2.45, 2.75) is 30.7 Å². The first-order valence-corrected chi connectivity index (χ1v) is 14.2. The molecule has 14 nitrogen and oxygen atoms in total. The molecule has 16 heteroatoms. The number of quaternary nitrogens is 1. The SMILES string of the molecule is CON=C(C(=O)N[C@@H]1C(=O)N2C(C(=O)O)=C(C=CC[N+]34CCC(C(N)=O)(CC3)CC4)CS[C@@H]12)c1nsc(N)n1. The molecule has 2 atom stereocenters. The van der Waals surface area contributed by atoms with Gasteiger partial charge in [-0.25, -0.2) is 4.79 Å². The predicted molar refractivity (Wildman–Crippen MR) is 142 cm³/mol. The van der Waals surface area contributed by atoms with Crippen LogP contribution in [0.25, 0.3) is 0 Å². The number of aromatic nitrogens is 2. The maximum absolute atomic E-state index is 13.0. The van der Waals surface area contributed by atoms with E-state index in [0.29, 0.717) is 17.9 Å². The molecule has 0 aromatic carbocycles. The summed E-state index contributed by atoms with van der Waals surface area (Å²) in [5.41, 5.74) is 11.1. The number of thioether (sulfide) groups is 1. The lowest BCUT2D eigenvalue weighted by molar-refractivity contribution is -0.939. The standard InChI is InChI=1S/C23H28N8O6S2/c1-37-28-13(16-27-22(25)39-29-16)17(32)26-14-18(33)30-15(20(34)35)12(11-38-19(14)30)3-2-7-31-8-4-23(5-9-31,6-10-31)21(24)36/h2-3,14,19H,4-11H2,1H3,(H5-,24,25,26,27,29,32,34,35,36)/p+1/t14-,19+,23?,31?/m1/s1. The van der Waals surface area contributed by atoms with Crippen molar-refractivity contribution in [1.82, 2.24) is 19.6 Å². The Morgan fingerprint density at radius 2 is 2.00 bits per heavy atom. The molecule has 208 valence electrons. The molecule has 6 N–H and O–H groups in total. The van der Waals surface area contributed by atoms with Crippen molar-refractivity contribution in [3.8, 4) is 0 Å². The van der Waals surface area contributed by atoms with Crippen molar-refractivity contribution in [1.29, 1.82) is 0 Å². The van der Waals surface area contributed by atoms with Crippen molar-refractivity contribution < 1.29 is 33.6 Å². The van der Waals surface area contributed by atoms with Gasteiger partial charge in [0.25, 0.3) is 11.8 Å². The van der Waals surface area contributed by atoms with Gasteiger partial charge in [-0.3, -0.25) is 19.3 Å². The van der Waals surface area contributed by atoms with Gasteiger partial charge in [-0.15, -0.1) is 11.8 Å². The second-order valence-corrected chi connectivity index (χ2v) is 12.0. The molecular formula is C23H29N8O6S2+. The van der Waals surface area contributed by atoms with E-state index in [9.17, 15) is 24.3 Å². The topological polar surface area (TPSA) is 203 Å². The first kappa shape index (κ1) is 27.1. The van der Waals surface area contributed by atoms with Gasteiger partial charge < -0.3 is 31.2 Å². The number of carboxylic acid groups (broad SMARTS) is 1. The number of rotatable bonds is 9. The third-order valence-electron chi connectivity index (χ3n) is 8.07. The number of nitrogen functional groups attached to an aromatic ring is 1. The van der Waals surface area contributed by atoms with Gasteiger partial charge in [-0.2, -0.15) is 9.36 Å². The van der Waals surface area contributed by atoms with Crippen LogP contribution in [0.2, 0.25) is 0 Å². The van der Waals surface area contributed by atoms with Gasteiger partial charge in [-0.1, -0.05) is 11.2 Å². The van der Waals surface area contributed by atoms with Crippen LogP contribution >= 0.6 is 23.3 Å². The average Bonchev–Trinajstić information content (AvgIpc) is 3.36. The summed E-state index contributed by atoms with van der Waals surface area (Å²) >= 11 is 2.24. The third kappa shape index (κ3) is 4.76. The number of carbonyl (C=O) groups is 4. The van der Waals surface area contributed by atoms with Gasteiger partial charge in [0.2, 0.25) is 17.4 Å². The maximum Gasteiger partial charge on any atom is 0.352 e. The first-order valence-electron chi connectivity index (χ1n) is 12.3. The molecule has 0 aliphatic carbocycles. The van der Waals surface area contributed by atoms with Gasteiger partial charge >= 0.3 is 5.97 Å². The van der Waals surface area contributed by atoms with Crippen LogP contribution in [0.1, 0.15) is 25.1 Å². The number of oxime groups is 1. The molecule has 0 spiro atoms. The maximum atomic E-state index is 13.0. The molecule has 2 bridgehead atoms. The van der Waals surface area contributed by atoms with Crippen LogP contribution in [-0.4, -0.2) is 104 Å². The number of nitrogens with one attached hydrogen (secondary N) is 1. The highest BCUT2D eigenvalue weighted by molar-refractivity contribution is 8.00. The average molecular weight is 578 g/mol. The number of β-lactam (4-membered cyclic amide) rings is 1. The van der Waals surface area contributed by atoms with Gasteiger partial charge in [-0.05, 0) is 11.6 Å². The zero-order valence-corrected chi connectivity index (χ0v) is 22.8. The lowest BCUT2D eigenvalue weighted by Crippen LogP contribution is -2.71. The van der Waals surface area contributed by atoms with E-state index in [4.69, 9.17) is 16.3 Å². The zero-order valence-electron chi connectivity index (χ0n) is 21.2. The Hall–Kier alpha value is -3.50. The van der Waals surface area contributed by atoms with E-state index < -0.39 is 29.2 Å². The number of nitrogens with zero attached hydrogens (tertiary/aromatic N) is 5. The second kappa shape index (κ2) is 10.2. The lowest BCUT2D eigenvalue weighted by Gasteiger charge is -2.53. The van der Waals surface area contributed by atoms with Crippen molar-refractivity contribution in [3.05, 3.63) is 29.2 Å². The Morgan fingerprint density at radius 3 is 2.56 bits per heavy atom. The zero-order chi connectivity index (χ0) is 27.9. The summed E-state index contributed by atoms with van der Waals surface area (Å²) in [4.78, 5) is 59.9. The third-order valence-corrected chi connectivity index (χ3v) is 9.91. The summed E-state index contributed by atoms with van der Waals surface area (Å²) < 4.78 is 4.80. The Balaban J connectivity index is 1.27. The van der Waals surface area contributed by atoms with Gasteiger partial charge in [0.05, 0.1) is 31.6 Å². The van der Waals surface area contributed by atoms with Crippen LogP contribution in [0.5, 0.6) is 0 Å². The lowest BCUT2D eigenvalue weighted by atomic mass is 9.70. The van der Waals surface area contributed by atoms with Crippen molar-refractivity contribution in [2.24, 2.45) is 16.3 Å². The van der Waals surface area contributed by atoms with E-state index in [2.05, 4.69) is 19.8 Å². The summed E-state index contributed by atoms with van der Waals surface area (Å²) in [7, 11) is 1.25. The minimum atomic E-state index is -1.21. The second-order valence-electron chi connectivity index (χ2n) is 10.1. The normalized spacial score (nSPS) is 30.2. The first-order chi connectivity index (χ1) is 18.6. The number of amides is 3. The smallest absolute Gasteiger partial charge is 0.352 e. The number of anilines is 1.